The van der Waals surface area contributed by atoms with E-state index < -0.39 is 10.0 Å². The maximum absolute atomic E-state index is 12.1. The number of amides is 2. The van der Waals surface area contributed by atoms with Gasteiger partial charge in [0, 0.05) is 6.54 Å². The van der Waals surface area contributed by atoms with Crippen molar-refractivity contribution in [2.24, 2.45) is 5.14 Å². The summed E-state index contributed by atoms with van der Waals surface area (Å²) in [4.78, 5) is 12.1. The van der Waals surface area contributed by atoms with Gasteiger partial charge in [0.2, 0.25) is 16.8 Å². The molecule has 2 amide bonds. The second-order valence-corrected chi connectivity index (χ2v) is 7.41. The molecule has 1 aliphatic heterocycles. The lowest BCUT2D eigenvalue weighted by molar-refractivity contribution is 0.174. The average molecular weight is 377 g/mol. The summed E-state index contributed by atoms with van der Waals surface area (Å²) in [5.74, 6) is 1.35. The van der Waals surface area contributed by atoms with Crippen molar-refractivity contribution in [3.8, 4) is 11.5 Å². The fourth-order valence-corrected chi connectivity index (χ4v) is 3.03. The molecule has 9 heteroatoms. The molecular weight excluding hydrogens is 358 g/mol. The van der Waals surface area contributed by atoms with E-state index in [0.717, 1.165) is 11.1 Å². The number of ether oxygens (including phenoxy) is 2. The number of urea groups is 1. The highest BCUT2D eigenvalue weighted by atomic mass is 32.2. The number of nitrogens with one attached hydrogen (secondary N) is 2. The largest absolute Gasteiger partial charge is 0.454 e. The molecule has 1 aliphatic rings. The van der Waals surface area contributed by atoms with E-state index in [1.807, 2.05) is 12.1 Å². The van der Waals surface area contributed by atoms with Crippen molar-refractivity contribution in [1.82, 2.24) is 10.6 Å². The quantitative estimate of drug-likeness (QED) is 0.731. The summed E-state index contributed by atoms with van der Waals surface area (Å²) >= 11 is 0. The lowest BCUT2D eigenvalue weighted by Gasteiger charge is -2.15. The molecule has 138 valence electrons. The van der Waals surface area contributed by atoms with Crippen molar-refractivity contribution in [2.45, 2.75) is 24.4 Å². The first-order valence-electron chi connectivity index (χ1n) is 7.88. The summed E-state index contributed by atoms with van der Waals surface area (Å²) in [6, 6.07) is 10.9. The van der Waals surface area contributed by atoms with Gasteiger partial charge in [-0.25, -0.2) is 18.4 Å². The molecule has 0 aromatic heterocycles. The average Bonchev–Trinajstić information content (AvgIpc) is 3.07. The van der Waals surface area contributed by atoms with Crippen LogP contribution in [0.4, 0.5) is 4.79 Å². The van der Waals surface area contributed by atoms with Crippen LogP contribution in [0.1, 0.15) is 24.1 Å². The molecule has 3 rings (SSSR count). The topological polar surface area (TPSA) is 120 Å². The lowest BCUT2D eigenvalue weighted by Crippen LogP contribution is -2.36. The van der Waals surface area contributed by atoms with Crippen LogP contribution in [-0.4, -0.2) is 21.2 Å². The number of carbonyl (C=O) groups excluding carboxylic acids is 1. The van der Waals surface area contributed by atoms with Crippen molar-refractivity contribution < 1.29 is 22.7 Å². The van der Waals surface area contributed by atoms with Crippen LogP contribution in [0, 0.1) is 0 Å². The SMILES string of the molecule is C[C@@H](NC(=O)NCc1ccc2c(c1)OCO2)c1ccc(S(N)(=O)=O)cc1. The maximum Gasteiger partial charge on any atom is 0.315 e. The number of hydrogen-bond acceptors (Lipinski definition) is 5. The van der Waals surface area contributed by atoms with E-state index in [9.17, 15) is 13.2 Å². The van der Waals surface area contributed by atoms with Crippen LogP contribution in [0.25, 0.3) is 0 Å². The number of nitrogens with two attached hydrogens (primary N) is 1. The minimum Gasteiger partial charge on any atom is -0.454 e. The van der Waals surface area contributed by atoms with Gasteiger partial charge in [0.15, 0.2) is 11.5 Å². The molecule has 1 atom stereocenters. The summed E-state index contributed by atoms with van der Waals surface area (Å²) < 4.78 is 33.1. The standard InChI is InChI=1S/C17H19N3O5S/c1-11(13-3-5-14(6-4-13)26(18,22)23)20-17(21)19-9-12-2-7-15-16(8-12)25-10-24-15/h2-8,11H,9-10H2,1H3,(H2,18,22,23)(H2,19,20,21)/t11-/m1/s1. The Morgan fingerprint density at radius 2 is 1.85 bits per heavy atom. The van der Waals surface area contributed by atoms with Crippen molar-refractivity contribution in [1.29, 1.82) is 0 Å². The Labute approximate surface area is 151 Å². The van der Waals surface area contributed by atoms with Crippen molar-refractivity contribution >= 4 is 16.1 Å². The van der Waals surface area contributed by atoms with E-state index in [4.69, 9.17) is 14.6 Å². The van der Waals surface area contributed by atoms with Gasteiger partial charge in [0.05, 0.1) is 10.9 Å². The number of carbonyl (C=O) groups is 1. The summed E-state index contributed by atoms with van der Waals surface area (Å²) in [6.07, 6.45) is 0. The number of hydrogen-bond donors (Lipinski definition) is 3. The molecule has 0 unspecified atom stereocenters. The van der Waals surface area contributed by atoms with E-state index in [2.05, 4.69) is 10.6 Å². The molecule has 0 spiro atoms. The van der Waals surface area contributed by atoms with Crippen LogP contribution in [0.5, 0.6) is 11.5 Å². The molecule has 0 radical (unpaired) electrons. The predicted octanol–water partition coefficient (Wildman–Crippen LogP) is 1.62. The first-order chi connectivity index (χ1) is 12.3. The Balaban J connectivity index is 1.54. The van der Waals surface area contributed by atoms with Crippen LogP contribution < -0.4 is 25.2 Å². The lowest BCUT2D eigenvalue weighted by atomic mass is 10.1. The molecule has 0 saturated carbocycles. The molecule has 0 aliphatic carbocycles. The predicted molar refractivity (Wildman–Crippen MR) is 94.2 cm³/mol. The Morgan fingerprint density at radius 1 is 1.15 bits per heavy atom. The third-order valence-electron chi connectivity index (χ3n) is 3.95. The highest BCUT2D eigenvalue weighted by Gasteiger charge is 2.14. The normalized spacial score (nSPS) is 13.9. The van der Waals surface area contributed by atoms with Crippen LogP contribution in [0.2, 0.25) is 0 Å². The zero-order valence-electron chi connectivity index (χ0n) is 14.1. The number of rotatable bonds is 5. The third-order valence-corrected chi connectivity index (χ3v) is 4.88. The fraction of sp³-hybridized carbons (Fsp3) is 0.235. The molecule has 8 nitrogen and oxygen atoms in total. The Bertz CT molecular complexity index is 912. The third kappa shape index (κ3) is 4.24. The molecule has 2 aromatic rings. The Morgan fingerprint density at radius 3 is 2.54 bits per heavy atom. The van der Waals surface area contributed by atoms with E-state index in [-0.39, 0.29) is 23.8 Å². The molecule has 0 bridgehead atoms. The van der Waals surface area contributed by atoms with Crippen molar-refractivity contribution in [2.75, 3.05) is 6.79 Å². The number of sulfonamides is 1. The number of fused-ring (bicyclic) bond motifs is 1. The van der Waals surface area contributed by atoms with Crippen LogP contribution >= 0.6 is 0 Å². The number of benzene rings is 2. The first kappa shape index (κ1) is 18.0. The molecule has 2 aromatic carbocycles. The van der Waals surface area contributed by atoms with Crippen LogP contribution in [-0.2, 0) is 16.6 Å². The van der Waals surface area contributed by atoms with Gasteiger partial charge >= 0.3 is 6.03 Å². The highest BCUT2D eigenvalue weighted by Crippen LogP contribution is 2.32. The summed E-state index contributed by atoms with van der Waals surface area (Å²) in [5, 5.41) is 10.6. The smallest absolute Gasteiger partial charge is 0.315 e. The second-order valence-electron chi connectivity index (χ2n) is 5.85. The van der Waals surface area contributed by atoms with Gasteiger partial charge in [-0.1, -0.05) is 18.2 Å². The van der Waals surface area contributed by atoms with Gasteiger partial charge in [-0.3, -0.25) is 0 Å². The number of primary sulfonamides is 1. The molecule has 1 heterocycles. The van der Waals surface area contributed by atoms with Gasteiger partial charge in [-0.05, 0) is 42.3 Å². The molecule has 0 saturated heterocycles. The van der Waals surface area contributed by atoms with Crippen molar-refractivity contribution in [3.63, 3.8) is 0 Å². The van der Waals surface area contributed by atoms with Crippen LogP contribution in [0.3, 0.4) is 0 Å². The molecular formula is C17H19N3O5S. The summed E-state index contributed by atoms with van der Waals surface area (Å²) in [5.41, 5.74) is 1.64. The minimum atomic E-state index is -3.73. The van der Waals surface area contributed by atoms with E-state index >= 15 is 0 Å². The molecule has 0 fully saturated rings. The van der Waals surface area contributed by atoms with Crippen molar-refractivity contribution in [3.05, 3.63) is 53.6 Å². The minimum absolute atomic E-state index is 0.0284. The van der Waals surface area contributed by atoms with E-state index in [0.29, 0.717) is 18.0 Å². The zero-order valence-corrected chi connectivity index (χ0v) is 14.9. The Hall–Kier alpha value is -2.78. The molecule has 26 heavy (non-hydrogen) atoms. The second kappa shape index (κ2) is 7.22. The van der Waals surface area contributed by atoms with E-state index in [1.54, 1.807) is 25.1 Å². The Kier molecular flexibility index (Phi) is 5.01. The van der Waals surface area contributed by atoms with Gasteiger partial charge in [-0.2, -0.15) is 0 Å². The highest BCUT2D eigenvalue weighted by molar-refractivity contribution is 7.89. The van der Waals surface area contributed by atoms with Crippen LogP contribution in [0.15, 0.2) is 47.4 Å². The van der Waals surface area contributed by atoms with Gasteiger partial charge in [0.25, 0.3) is 0 Å². The monoisotopic (exact) mass is 377 g/mol. The van der Waals surface area contributed by atoms with Gasteiger partial charge < -0.3 is 20.1 Å². The van der Waals surface area contributed by atoms with Gasteiger partial charge in [0.1, 0.15) is 0 Å². The summed E-state index contributed by atoms with van der Waals surface area (Å²) in [7, 11) is -3.73. The fourth-order valence-electron chi connectivity index (χ4n) is 2.51. The molecule has 4 N–H and O–H groups in total. The van der Waals surface area contributed by atoms with E-state index in [1.165, 1.54) is 12.1 Å². The first-order valence-corrected chi connectivity index (χ1v) is 9.43. The van der Waals surface area contributed by atoms with Gasteiger partial charge in [-0.15, -0.1) is 0 Å². The maximum atomic E-state index is 12.1. The summed E-state index contributed by atoms with van der Waals surface area (Å²) in [6.45, 7) is 2.33. The zero-order chi connectivity index (χ0) is 18.7.